The van der Waals surface area contributed by atoms with Gasteiger partial charge in [0.1, 0.15) is 5.78 Å². The molecule has 1 aromatic carbocycles. The smallest absolute Gasteiger partial charge is 0.242 e. The van der Waals surface area contributed by atoms with Crippen molar-refractivity contribution in [1.82, 2.24) is 4.31 Å². The lowest BCUT2D eigenvalue weighted by Gasteiger charge is -2.13. The summed E-state index contributed by atoms with van der Waals surface area (Å²) in [7, 11) is -0.416. The van der Waals surface area contributed by atoms with Gasteiger partial charge < -0.3 is 0 Å². The first-order valence-corrected chi connectivity index (χ1v) is 6.73. The van der Waals surface area contributed by atoms with Crippen LogP contribution in [0.3, 0.4) is 0 Å². The molecule has 0 spiro atoms. The van der Waals surface area contributed by atoms with Gasteiger partial charge in [0.25, 0.3) is 0 Å². The summed E-state index contributed by atoms with van der Waals surface area (Å²) in [6.07, 6.45) is 0. The van der Waals surface area contributed by atoms with Gasteiger partial charge in [0, 0.05) is 20.0 Å². The van der Waals surface area contributed by atoms with E-state index in [4.69, 9.17) is 0 Å². The molecule has 17 heavy (non-hydrogen) atoms. The zero-order valence-corrected chi connectivity index (χ0v) is 11.3. The molecule has 0 amide bonds. The van der Waals surface area contributed by atoms with E-state index in [9.17, 15) is 13.2 Å². The lowest BCUT2D eigenvalue weighted by molar-refractivity contribution is -0.118. The van der Waals surface area contributed by atoms with Gasteiger partial charge in [-0.15, -0.1) is 0 Å². The van der Waals surface area contributed by atoms with Crippen molar-refractivity contribution in [3.05, 3.63) is 29.8 Å². The van der Waals surface area contributed by atoms with Crippen LogP contribution in [0.1, 0.15) is 25.3 Å². The topological polar surface area (TPSA) is 54.5 Å². The van der Waals surface area contributed by atoms with Crippen molar-refractivity contribution < 1.29 is 13.2 Å². The van der Waals surface area contributed by atoms with Crippen molar-refractivity contribution in [2.75, 3.05) is 14.1 Å². The second-order valence-electron chi connectivity index (χ2n) is 4.19. The van der Waals surface area contributed by atoms with E-state index >= 15 is 0 Å². The van der Waals surface area contributed by atoms with Gasteiger partial charge in [-0.05, 0) is 24.6 Å². The molecule has 0 aliphatic carbocycles. The lowest BCUT2D eigenvalue weighted by atomic mass is 9.98. The Hall–Kier alpha value is -1.20. The number of carbonyl (C=O) groups excluding carboxylic acids is 1. The van der Waals surface area contributed by atoms with Gasteiger partial charge in [0.15, 0.2) is 0 Å². The molecule has 4 nitrogen and oxygen atoms in total. The predicted octanol–water partition coefficient (Wildman–Crippen LogP) is 1.63. The Bertz CT molecular complexity index is 503. The minimum absolute atomic E-state index is 0.0632. The summed E-state index contributed by atoms with van der Waals surface area (Å²) in [5.74, 6) is -0.140. The standard InChI is InChI=1S/C12H17NO3S/c1-9(10(2)14)11-5-7-12(8-6-11)17(15,16)13(3)4/h5-9H,1-4H3. The number of benzene rings is 1. The Balaban J connectivity index is 3.09. The van der Waals surface area contributed by atoms with Gasteiger partial charge in [-0.2, -0.15) is 0 Å². The van der Waals surface area contributed by atoms with Gasteiger partial charge >= 0.3 is 0 Å². The number of rotatable bonds is 4. The van der Waals surface area contributed by atoms with E-state index in [1.54, 1.807) is 19.1 Å². The van der Waals surface area contributed by atoms with Crippen LogP contribution in [-0.2, 0) is 14.8 Å². The molecule has 0 aliphatic rings. The average molecular weight is 255 g/mol. The predicted molar refractivity (Wildman–Crippen MR) is 66.4 cm³/mol. The fraction of sp³-hybridized carbons (Fsp3) is 0.417. The number of hydrogen-bond donors (Lipinski definition) is 0. The molecule has 1 atom stereocenters. The van der Waals surface area contributed by atoms with Crippen LogP contribution in [0.15, 0.2) is 29.2 Å². The largest absolute Gasteiger partial charge is 0.299 e. The van der Waals surface area contributed by atoms with Gasteiger partial charge in [-0.1, -0.05) is 19.1 Å². The summed E-state index contributed by atoms with van der Waals surface area (Å²) in [6, 6.07) is 6.43. The van der Waals surface area contributed by atoms with Gasteiger partial charge in [0.2, 0.25) is 10.0 Å². The Labute approximate surface area is 102 Å². The van der Waals surface area contributed by atoms with Crippen molar-refractivity contribution in [1.29, 1.82) is 0 Å². The van der Waals surface area contributed by atoms with Gasteiger partial charge in [-0.3, -0.25) is 4.79 Å². The third kappa shape index (κ3) is 2.92. The Kier molecular flexibility index (Phi) is 4.06. The molecule has 94 valence electrons. The zero-order valence-electron chi connectivity index (χ0n) is 10.5. The molecule has 0 aromatic heterocycles. The Morgan fingerprint density at radius 1 is 1.18 bits per heavy atom. The van der Waals surface area contributed by atoms with E-state index in [1.165, 1.54) is 33.2 Å². The third-order valence-electron chi connectivity index (χ3n) is 2.77. The maximum absolute atomic E-state index is 11.8. The molecule has 0 saturated heterocycles. The van der Waals surface area contributed by atoms with E-state index < -0.39 is 10.0 Å². The summed E-state index contributed by atoms with van der Waals surface area (Å²) in [5, 5.41) is 0. The van der Waals surface area contributed by atoms with E-state index in [1.807, 2.05) is 0 Å². The van der Waals surface area contributed by atoms with E-state index in [0.717, 1.165) is 9.87 Å². The number of nitrogens with zero attached hydrogens (tertiary/aromatic N) is 1. The molecule has 0 heterocycles. The van der Waals surface area contributed by atoms with E-state index in [0.29, 0.717) is 0 Å². The minimum Gasteiger partial charge on any atom is -0.299 e. The first-order valence-electron chi connectivity index (χ1n) is 5.29. The van der Waals surface area contributed by atoms with Crippen LogP contribution in [0, 0.1) is 0 Å². The Morgan fingerprint density at radius 2 is 1.65 bits per heavy atom. The third-order valence-corrected chi connectivity index (χ3v) is 4.60. The number of carbonyl (C=O) groups is 1. The molecule has 0 bridgehead atoms. The molecule has 5 heteroatoms. The van der Waals surface area contributed by atoms with Crippen molar-refractivity contribution >= 4 is 15.8 Å². The normalized spacial score (nSPS) is 13.7. The molecule has 1 aromatic rings. The SMILES string of the molecule is CC(=O)C(C)c1ccc(S(=O)(=O)N(C)C)cc1. The molecule has 0 radical (unpaired) electrons. The summed E-state index contributed by atoms with van der Waals surface area (Å²) >= 11 is 0. The summed E-state index contributed by atoms with van der Waals surface area (Å²) < 4.78 is 24.8. The van der Waals surface area contributed by atoms with Crippen LogP contribution in [0.2, 0.25) is 0 Å². The second kappa shape index (κ2) is 4.98. The lowest BCUT2D eigenvalue weighted by Crippen LogP contribution is -2.22. The number of hydrogen-bond acceptors (Lipinski definition) is 3. The number of ketones is 1. The van der Waals surface area contributed by atoms with Crippen molar-refractivity contribution in [2.45, 2.75) is 24.7 Å². The summed E-state index contributed by atoms with van der Waals surface area (Å²) in [5.41, 5.74) is 0.829. The van der Waals surface area contributed by atoms with E-state index in [2.05, 4.69) is 0 Å². The van der Waals surface area contributed by atoms with Crippen LogP contribution >= 0.6 is 0 Å². The van der Waals surface area contributed by atoms with E-state index in [-0.39, 0.29) is 16.6 Å². The molecular weight excluding hydrogens is 238 g/mol. The van der Waals surface area contributed by atoms with Crippen molar-refractivity contribution in [3.8, 4) is 0 Å². The molecule has 1 unspecified atom stereocenters. The monoisotopic (exact) mass is 255 g/mol. The highest BCUT2D eigenvalue weighted by molar-refractivity contribution is 7.89. The maximum Gasteiger partial charge on any atom is 0.242 e. The maximum atomic E-state index is 11.8. The van der Waals surface area contributed by atoms with Crippen LogP contribution in [0.25, 0.3) is 0 Å². The number of Topliss-reactive ketones (excluding diaryl/α,β-unsaturated/α-hetero) is 1. The van der Waals surface area contributed by atoms with Gasteiger partial charge in [-0.25, -0.2) is 12.7 Å². The first kappa shape index (κ1) is 13.9. The Morgan fingerprint density at radius 3 is 2.00 bits per heavy atom. The highest BCUT2D eigenvalue weighted by Crippen LogP contribution is 2.19. The van der Waals surface area contributed by atoms with Crippen molar-refractivity contribution in [2.24, 2.45) is 0 Å². The first-order chi connectivity index (χ1) is 7.76. The highest BCUT2D eigenvalue weighted by atomic mass is 32.2. The van der Waals surface area contributed by atoms with Crippen molar-refractivity contribution in [3.63, 3.8) is 0 Å². The average Bonchev–Trinajstić information content (AvgIpc) is 2.27. The summed E-state index contributed by atoms with van der Waals surface area (Å²) in [4.78, 5) is 11.4. The van der Waals surface area contributed by atoms with Gasteiger partial charge in [0.05, 0.1) is 4.90 Å². The van der Waals surface area contributed by atoms with Crippen LogP contribution < -0.4 is 0 Å². The zero-order chi connectivity index (χ0) is 13.2. The second-order valence-corrected chi connectivity index (χ2v) is 6.34. The number of sulfonamides is 1. The molecule has 0 fully saturated rings. The minimum atomic E-state index is -3.39. The quantitative estimate of drug-likeness (QED) is 0.821. The van der Waals surface area contributed by atoms with Crippen LogP contribution in [0.4, 0.5) is 0 Å². The fourth-order valence-corrected chi connectivity index (χ4v) is 2.28. The molecule has 1 rings (SSSR count). The molecule has 0 aliphatic heterocycles. The summed E-state index contributed by atoms with van der Waals surface area (Å²) in [6.45, 7) is 3.33. The molecule has 0 saturated carbocycles. The highest BCUT2D eigenvalue weighted by Gasteiger charge is 2.18. The fourth-order valence-electron chi connectivity index (χ4n) is 1.37. The molecule has 0 N–H and O–H groups in total. The van der Waals surface area contributed by atoms with Crippen LogP contribution in [-0.4, -0.2) is 32.6 Å². The van der Waals surface area contributed by atoms with Crippen LogP contribution in [0.5, 0.6) is 0 Å². The molecular formula is C12H17NO3S.